The number of aryl methyl sites for hydroxylation is 1. The molecule has 0 aromatic carbocycles. The van der Waals surface area contributed by atoms with Crippen LogP contribution >= 0.6 is 23.1 Å². The van der Waals surface area contributed by atoms with E-state index in [4.69, 9.17) is 4.74 Å². The van der Waals surface area contributed by atoms with E-state index in [-0.39, 0.29) is 12.6 Å². The highest BCUT2D eigenvalue weighted by molar-refractivity contribution is 8.18. The summed E-state index contributed by atoms with van der Waals surface area (Å²) in [6.07, 6.45) is 2.16. The van der Waals surface area contributed by atoms with Gasteiger partial charge in [-0.05, 0) is 55.1 Å². The summed E-state index contributed by atoms with van der Waals surface area (Å²) in [7, 11) is 0. The maximum atomic E-state index is 12.3. The van der Waals surface area contributed by atoms with Crippen molar-refractivity contribution in [3.05, 3.63) is 26.8 Å². The van der Waals surface area contributed by atoms with Crippen molar-refractivity contribution < 1.29 is 19.1 Å². The molecule has 0 N–H and O–H groups in total. The number of carbonyl (C=O) groups excluding carboxylic acids is 3. The van der Waals surface area contributed by atoms with E-state index in [1.54, 1.807) is 13.0 Å². The molecule has 0 saturated carbocycles. The maximum absolute atomic E-state index is 12.3. The number of thiophene rings is 1. The van der Waals surface area contributed by atoms with Crippen molar-refractivity contribution in [3.63, 3.8) is 0 Å². The average Bonchev–Trinajstić information content (AvgIpc) is 2.98. The van der Waals surface area contributed by atoms with Gasteiger partial charge in [0.15, 0.2) is 0 Å². The summed E-state index contributed by atoms with van der Waals surface area (Å²) < 4.78 is 5.11. The minimum atomic E-state index is -0.565. The van der Waals surface area contributed by atoms with E-state index in [0.29, 0.717) is 11.3 Å². The van der Waals surface area contributed by atoms with Crippen LogP contribution in [0, 0.1) is 6.92 Å². The molecule has 1 fully saturated rings. The Morgan fingerprint density at radius 1 is 1.45 bits per heavy atom. The normalized spacial score (nSPS) is 18.1. The summed E-state index contributed by atoms with van der Waals surface area (Å²) in [5.41, 5.74) is 1.05. The second-order valence-electron chi connectivity index (χ2n) is 4.94. The lowest BCUT2D eigenvalue weighted by Crippen LogP contribution is -2.35. The fraction of sp³-hybridized carbons (Fsp3) is 0.400. The smallest absolute Gasteiger partial charge is 0.326 e. The standard InChI is InChI=1S/C15H17NO4S2/c1-4-10(3)20-13(17)8-16-14(18)12(22-15(16)19)7-11-9(2)5-6-21-11/h5-7,10H,4,8H2,1-3H3/b12-7+/t10-/m1/s1. The second kappa shape index (κ2) is 7.11. The molecule has 2 heterocycles. The van der Waals surface area contributed by atoms with Crippen LogP contribution in [0.1, 0.15) is 30.7 Å². The van der Waals surface area contributed by atoms with Gasteiger partial charge < -0.3 is 4.74 Å². The first-order chi connectivity index (χ1) is 10.4. The third kappa shape index (κ3) is 3.78. The molecule has 1 aliphatic heterocycles. The first kappa shape index (κ1) is 16.8. The fourth-order valence-corrected chi connectivity index (χ4v) is 3.52. The summed E-state index contributed by atoms with van der Waals surface area (Å²) in [5, 5.41) is 1.49. The Balaban J connectivity index is 2.08. The number of hydrogen-bond donors (Lipinski definition) is 0. The van der Waals surface area contributed by atoms with Crippen molar-refractivity contribution >= 4 is 46.3 Å². The van der Waals surface area contributed by atoms with Gasteiger partial charge in [0.05, 0.1) is 11.0 Å². The van der Waals surface area contributed by atoms with Crippen LogP contribution < -0.4 is 0 Å². The average molecular weight is 339 g/mol. The van der Waals surface area contributed by atoms with Gasteiger partial charge in [-0.15, -0.1) is 11.3 Å². The van der Waals surface area contributed by atoms with Crippen LogP contribution in [0.3, 0.4) is 0 Å². The van der Waals surface area contributed by atoms with Gasteiger partial charge in [-0.3, -0.25) is 19.3 Å². The molecular weight excluding hydrogens is 322 g/mol. The van der Waals surface area contributed by atoms with Crippen molar-refractivity contribution in [1.29, 1.82) is 0 Å². The summed E-state index contributed by atoms with van der Waals surface area (Å²) >= 11 is 2.36. The quantitative estimate of drug-likeness (QED) is 0.607. The van der Waals surface area contributed by atoms with Crippen LogP contribution in [-0.4, -0.2) is 34.7 Å². The second-order valence-corrected chi connectivity index (χ2v) is 6.89. The van der Waals surface area contributed by atoms with E-state index in [2.05, 4.69) is 0 Å². The van der Waals surface area contributed by atoms with Gasteiger partial charge in [-0.25, -0.2) is 0 Å². The van der Waals surface area contributed by atoms with E-state index in [0.717, 1.165) is 27.1 Å². The number of nitrogens with zero attached hydrogens (tertiary/aromatic N) is 1. The molecule has 1 saturated heterocycles. The number of imide groups is 1. The summed E-state index contributed by atoms with van der Waals surface area (Å²) in [4.78, 5) is 38.1. The summed E-state index contributed by atoms with van der Waals surface area (Å²) in [5.74, 6) is -1.01. The van der Waals surface area contributed by atoms with Gasteiger partial charge in [0.1, 0.15) is 6.54 Å². The number of amides is 2. The molecule has 22 heavy (non-hydrogen) atoms. The lowest BCUT2D eigenvalue weighted by Gasteiger charge is -2.14. The van der Waals surface area contributed by atoms with Gasteiger partial charge in [0.2, 0.25) is 0 Å². The minimum Gasteiger partial charge on any atom is -0.461 e. The molecule has 7 heteroatoms. The van der Waals surface area contributed by atoms with Crippen molar-refractivity contribution in [2.45, 2.75) is 33.3 Å². The predicted molar refractivity (Wildman–Crippen MR) is 87.6 cm³/mol. The number of hydrogen-bond acceptors (Lipinski definition) is 6. The zero-order valence-electron chi connectivity index (χ0n) is 12.6. The minimum absolute atomic E-state index is 0.225. The SMILES string of the molecule is CC[C@@H](C)OC(=O)CN1C(=O)S/C(=C/c2sccc2C)C1=O. The Morgan fingerprint density at radius 3 is 2.77 bits per heavy atom. The molecule has 0 unspecified atom stereocenters. The van der Waals surface area contributed by atoms with E-state index in [1.807, 2.05) is 25.3 Å². The number of ether oxygens (including phenoxy) is 1. The van der Waals surface area contributed by atoms with Crippen LogP contribution in [0.4, 0.5) is 4.79 Å². The molecule has 1 aliphatic rings. The van der Waals surface area contributed by atoms with Crippen LogP contribution in [0.5, 0.6) is 0 Å². The zero-order valence-corrected chi connectivity index (χ0v) is 14.3. The molecule has 2 rings (SSSR count). The van der Waals surface area contributed by atoms with E-state index >= 15 is 0 Å². The number of rotatable bonds is 5. The topological polar surface area (TPSA) is 63.7 Å². The van der Waals surface area contributed by atoms with E-state index in [9.17, 15) is 14.4 Å². The Morgan fingerprint density at radius 2 is 2.18 bits per heavy atom. The number of carbonyl (C=O) groups is 3. The fourth-order valence-electron chi connectivity index (χ4n) is 1.76. The lowest BCUT2D eigenvalue weighted by molar-refractivity contribution is -0.150. The van der Waals surface area contributed by atoms with Crippen LogP contribution in [0.15, 0.2) is 16.4 Å². The third-order valence-electron chi connectivity index (χ3n) is 3.23. The van der Waals surface area contributed by atoms with Crippen molar-refractivity contribution in [2.75, 3.05) is 6.54 Å². The molecule has 118 valence electrons. The zero-order chi connectivity index (χ0) is 16.3. The Bertz CT molecular complexity index is 635. The highest BCUT2D eigenvalue weighted by Gasteiger charge is 2.37. The van der Waals surface area contributed by atoms with Gasteiger partial charge in [0, 0.05) is 4.88 Å². The van der Waals surface area contributed by atoms with E-state index in [1.165, 1.54) is 11.3 Å². The predicted octanol–water partition coefficient (Wildman–Crippen LogP) is 3.43. The monoisotopic (exact) mass is 339 g/mol. The molecule has 0 bridgehead atoms. The Hall–Kier alpha value is -1.60. The lowest BCUT2D eigenvalue weighted by atomic mass is 10.2. The third-order valence-corrected chi connectivity index (χ3v) is 5.11. The first-order valence-corrected chi connectivity index (χ1v) is 8.61. The largest absolute Gasteiger partial charge is 0.461 e. The molecule has 0 aliphatic carbocycles. The van der Waals surface area contributed by atoms with Gasteiger partial charge >= 0.3 is 5.97 Å². The molecule has 2 amide bonds. The highest BCUT2D eigenvalue weighted by atomic mass is 32.2. The molecule has 0 radical (unpaired) electrons. The Kier molecular flexibility index (Phi) is 5.42. The van der Waals surface area contributed by atoms with Crippen molar-refractivity contribution in [1.82, 2.24) is 4.90 Å². The van der Waals surface area contributed by atoms with Crippen LogP contribution in [-0.2, 0) is 14.3 Å². The molecular formula is C15H17NO4S2. The Labute approximate surface area is 137 Å². The molecule has 5 nitrogen and oxygen atoms in total. The molecule has 1 atom stereocenters. The maximum Gasteiger partial charge on any atom is 0.326 e. The van der Waals surface area contributed by atoms with Gasteiger partial charge in [-0.2, -0.15) is 0 Å². The molecule has 1 aromatic rings. The van der Waals surface area contributed by atoms with Crippen LogP contribution in [0.2, 0.25) is 0 Å². The number of thioether (sulfide) groups is 1. The van der Waals surface area contributed by atoms with Gasteiger partial charge in [-0.1, -0.05) is 6.92 Å². The first-order valence-electron chi connectivity index (χ1n) is 6.91. The molecule has 0 spiro atoms. The van der Waals surface area contributed by atoms with Crippen molar-refractivity contribution in [2.24, 2.45) is 0 Å². The highest BCUT2D eigenvalue weighted by Crippen LogP contribution is 2.33. The summed E-state index contributed by atoms with van der Waals surface area (Å²) in [6.45, 7) is 5.27. The van der Waals surface area contributed by atoms with Crippen LogP contribution in [0.25, 0.3) is 6.08 Å². The van der Waals surface area contributed by atoms with Crippen molar-refractivity contribution in [3.8, 4) is 0 Å². The van der Waals surface area contributed by atoms with E-state index < -0.39 is 17.1 Å². The molecule has 1 aromatic heterocycles. The van der Waals surface area contributed by atoms with Gasteiger partial charge in [0.25, 0.3) is 11.1 Å². The number of esters is 1. The summed E-state index contributed by atoms with van der Waals surface area (Å²) in [6, 6.07) is 1.95.